The molecule has 0 aliphatic carbocycles. The zero-order chi connectivity index (χ0) is 11.1. The highest BCUT2D eigenvalue weighted by Crippen LogP contribution is 2.09. The Morgan fingerprint density at radius 1 is 1.47 bits per heavy atom. The van der Waals surface area contributed by atoms with E-state index >= 15 is 0 Å². The molecule has 0 aromatic carbocycles. The minimum absolute atomic E-state index is 0.268. The Morgan fingerprint density at radius 2 is 2.27 bits per heavy atom. The smallest absolute Gasteiger partial charge is 0.0397 e. The molecule has 1 atom stereocenters. The summed E-state index contributed by atoms with van der Waals surface area (Å²) in [6.45, 7) is 4.16. The van der Waals surface area contributed by atoms with Gasteiger partial charge < -0.3 is 5.32 Å². The van der Waals surface area contributed by atoms with E-state index in [0.29, 0.717) is 13.1 Å². The number of thiocarbonyl (C=S) groups is 1. The van der Waals surface area contributed by atoms with Crippen molar-refractivity contribution in [2.24, 2.45) is 0 Å². The van der Waals surface area contributed by atoms with Gasteiger partial charge in [-0.3, -0.25) is 0 Å². The van der Waals surface area contributed by atoms with E-state index in [-0.39, 0.29) is 6.04 Å². The SMILES string of the molecule is CCCCCN(F)CCC1NCCC1=S. The van der Waals surface area contributed by atoms with Gasteiger partial charge >= 0.3 is 0 Å². The maximum absolute atomic E-state index is 13.3. The molecule has 1 heterocycles. The Morgan fingerprint density at radius 3 is 2.87 bits per heavy atom. The molecule has 1 unspecified atom stereocenters. The van der Waals surface area contributed by atoms with Gasteiger partial charge in [0.15, 0.2) is 0 Å². The van der Waals surface area contributed by atoms with Crippen molar-refractivity contribution in [3.05, 3.63) is 0 Å². The van der Waals surface area contributed by atoms with Crippen LogP contribution >= 0.6 is 12.2 Å². The van der Waals surface area contributed by atoms with Gasteiger partial charge in [-0.1, -0.05) is 32.0 Å². The normalized spacial score (nSPS) is 21.5. The van der Waals surface area contributed by atoms with Gasteiger partial charge in [-0.05, 0) is 19.3 Å². The van der Waals surface area contributed by atoms with Crippen LogP contribution in [0.5, 0.6) is 0 Å². The van der Waals surface area contributed by atoms with E-state index in [1.165, 1.54) is 0 Å². The van der Waals surface area contributed by atoms with Crippen LogP contribution in [0.1, 0.15) is 39.0 Å². The summed E-state index contributed by atoms with van der Waals surface area (Å²) in [6, 6.07) is 0.268. The van der Waals surface area contributed by atoms with Crippen LogP contribution in [0.3, 0.4) is 0 Å². The molecule has 88 valence electrons. The van der Waals surface area contributed by atoms with Crippen molar-refractivity contribution < 1.29 is 4.48 Å². The largest absolute Gasteiger partial charge is 0.309 e. The molecule has 0 aromatic heterocycles. The zero-order valence-electron chi connectivity index (χ0n) is 9.47. The highest BCUT2D eigenvalue weighted by atomic mass is 32.1. The van der Waals surface area contributed by atoms with E-state index in [2.05, 4.69) is 12.2 Å². The Hall–Kier alpha value is -0.0600. The molecule has 0 saturated carbocycles. The predicted octanol–water partition coefficient (Wildman–Crippen LogP) is 2.49. The standard InChI is InChI=1S/C11H21FN2S/c1-2-3-4-8-14(12)9-6-10-11(15)5-7-13-10/h10,13H,2-9H2,1H3. The van der Waals surface area contributed by atoms with Crippen molar-refractivity contribution in [1.29, 1.82) is 0 Å². The Bertz CT molecular complexity index is 199. The van der Waals surface area contributed by atoms with Gasteiger partial charge in [0, 0.05) is 30.5 Å². The lowest BCUT2D eigenvalue weighted by Gasteiger charge is -2.15. The lowest BCUT2D eigenvalue weighted by atomic mass is 10.1. The summed E-state index contributed by atoms with van der Waals surface area (Å²) in [7, 11) is 0. The van der Waals surface area contributed by atoms with Crippen LogP contribution in [0.2, 0.25) is 0 Å². The summed E-state index contributed by atoms with van der Waals surface area (Å²) in [4.78, 5) is 1.07. The lowest BCUT2D eigenvalue weighted by Crippen LogP contribution is -2.30. The topological polar surface area (TPSA) is 15.3 Å². The second kappa shape index (κ2) is 7.25. The molecule has 0 radical (unpaired) electrons. The van der Waals surface area contributed by atoms with Crippen LogP contribution in [0.4, 0.5) is 4.48 Å². The highest BCUT2D eigenvalue weighted by Gasteiger charge is 2.20. The first-order valence-corrected chi connectivity index (χ1v) is 6.31. The number of nitrogens with zero attached hydrogens (tertiary/aromatic N) is 1. The summed E-state index contributed by atoms with van der Waals surface area (Å²) < 4.78 is 13.3. The van der Waals surface area contributed by atoms with E-state index in [1.807, 2.05) is 0 Å². The first-order valence-electron chi connectivity index (χ1n) is 5.91. The average molecular weight is 232 g/mol. The Labute approximate surface area is 97.2 Å². The minimum atomic E-state index is 0.268. The number of halogens is 1. The van der Waals surface area contributed by atoms with Crippen molar-refractivity contribution >= 4 is 17.1 Å². The molecule has 2 nitrogen and oxygen atoms in total. The first-order chi connectivity index (χ1) is 7.24. The predicted molar refractivity (Wildman–Crippen MR) is 65.8 cm³/mol. The van der Waals surface area contributed by atoms with Crippen molar-refractivity contribution in [3.8, 4) is 0 Å². The molecule has 15 heavy (non-hydrogen) atoms. The van der Waals surface area contributed by atoms with Crippen LogP contribution < -0.4 is 5.32 Å². The number of hydrogen-bond donors (Lipinski definition) is 1. The summed E-state index contributed by atoms with van der Waals surface area (Å²) in [5, 5.41) is 4.22. The molecule has 1 aliphatic rings. The molecule has 0 spiro atoms. The van der Waals surface area contributed by atoms with E-state index < -0.39 is 0 Å². The number of nitrogens with one attached hydrogen (secondary N) is 1. The second-order valence-electron chi connectivity index (χ2n) is 4.13. The Balaban J connectivity index is 2.05. The molecular formula is C11H21FN2S. The maximum Gasteiger partial charge on any atom is 0.0397 e. The molecule has 1 fully saturated rings. The fourth-order valence-corrected chi connectivity index (χ4v) is 2.14. The average Bonchev–Trinajstić information content (AvgIpc) is 2.61. The molecule has 0 amide bonds. The molecule has 0 bridgehead atoms. The Kier molecular flexibility index (Phi) is 6.29. The third-order valence-electron chi connectivity index (χ3n) is 2.82. The summed E-state index contributed by atoms with van der Waals surface area (Å²) in [6.07, 6.45) is 4.99. The van der Waals surface area contributed by atoms with Crippen LogP contribution in [0, 0.1) is 0 Å². The molecule has 1 saturated heterocycles. The molecule has 1 N–H and O–H groups in total. The van der Waals surface area contributed by atoms with Crippen LogP contribution in [-0.2, 0) is 0 Å². The van der Waals surface area contributed by atoms with Crippen LogP contribution in [-0.4, -0.2) is 35.7 Å². The molecular weight excluding hydrogens is 211 g/mol. The number of rotatable bonds is 7. The van der Waals surface area contributed by atoms with E-state index in [0.717, 1.165) is 48.6 Å². The third kappa shape index (κ3) is 5.00. The van der Waals surface area contributed by atoms with Crippen molar-refractivity contribution in [3.63, 3.8) is 0 Å². The van der Waals surface area contributed by atoms with E-state index in [4.69, 9.17) is 12.2 Å². The van der Waals surface area contributed by atoms with Crippen LogP contribution in [0.25, 0.3) is 0 Å². The molecule has 0 aromatic rings. The van der Waals surface area contributed by atoms with Crippen LogP contribution in [0.15, 0.2) is 0 Å². The van der Waals surface area contributed by atoms with Gasteiger partial charge in [0.2, 0.25) is 0 Å². The highest BCUT2D eigenvalue weighted by molar-refractivity contribution is 7.80. The fourth-order valence-electron chi connectivity index (χ4n) is 1.84. The maximum atomic E-state index is 13.3. The lowest BCUT2D eigenvalue weighted by molar-refractivity contribution is 0.0216. The quantitative estimate of drug-likeness (QED) is 0.412. The second-order valence-corrected chi connectivity index (χ2v) is 4.65. The van der Waals surface area contributed by atoms with Gasteiger partial charge in [-0.2, -0.15) is 0 Å². The summed E-state index contributed by atoms with van der Waals surface area (Å²) in [5.41, 5.74) is 0. The monoisotopic (exact) mass is 232 g/mol. The van der Waals surface area contributed by atoms with Gasteiger partial charge in [0.1, 0.15) is 0 Å². The third-order valence-corrected chi connectivity index (χ3v) is 3.30. The van der Waals surface area contributed by atoms with E-state index in [9.17, 15) is 4.48 Å². The van der Waals surface area contributed by atoms with Gasteiger partial charge in [0.25, 0.3) is 0 Å². The number of hydrogen-bond acceptors (Lipinski definition) is 3. The van der Waals surface area contributed by atoms with Crippen molar-refractivity contribution in [2.45, 2.75) is 45.1 Å². The fraction of sp³-hybridized carbons (Fsp3) is 0.909. The molecule has 1 rings (SSSR count). The van der Waals surface area contributed by atoms with E-state index in [1.54, 1.807) is 0 Å². The summed E-state index contributed by atoms with van der Waals surface area (Å²) >= 11 is 5.20. The zero-order valence-corrected chi connectivity index (χ0v) is 10.3. The first kappa shape index (κ1) is 13.0. The summed E-state index contributed by atoms with van der Waals surface area (Å²) in [5.74, 6) is 0. The molecule has 4 heteroatoms. The minimum Gasteiger partial charge on any atom is -0.309 e. The number of unbranched alkanes of at least 4 members (excludes halogenated alkanes) is 2. The van der Waals surface area contributed by atoms with Gasteiger partial charge in [0.05, 0.1) is 0 Å². The van der Waals surface area contributed by atoms with Crippen molar-refractivity contribution in [2.75, 3.05) is 19.6 Å². The molecule has 1 aliphatic heterocycles. The van der Waals surface area contributed by atoms with Gasteiger partial charge in [-0.25, -0.2) is 0 Å². The van der Waals surface area contributed by atoms with Crippen molar-refractivity contribution in [1.82, 2.24) is 10.4 Å². The van der Waals surface area contributed by atoms with Gasteiger partial charge in [-0.15, -0.1) is 9.60 Å².